The Bertz CT molecular complexity index is 541. The highest BCUT2D eigenvalue weighted by atomic mass is 32.1. The Morgan fingerprint density at radius 3 is 2.90 bits per heavy atom. The summed E-state index contributed by atoms with van der Waals surface area (Å²) in [5.41, 5.74) is 1.54. The molecule has 1 saturated carbocycles. The van der Waals surface area contributed by atoms with E-state index in [-0.39, 0.29) is 0 Å². The van der Waals surface area contributed by atoms with Crippen LogP contribution in [0.15, 0.2) is 29.6 Å². The van der Waals surface area contributed by atoms with Crippen LogP contribution < -0.4 is 5.32 Å². The van der Waals surface area contributed by atoms with Crippen LogP contribution in [0.4, 0.5) is 0 Å². The predicted octanol–water partition coefficient (Wildman–Crippen LogP) is 5.00. The second-order valence-electron chi connectivity index (χ2n) is 6.14. The molecule has 1 atom stereocenters. The van der Waals surface area contributed by atoms with Gasteiger partial charge in [0.1, 0.15) is 0 Å². The summed E-state index contributed by atoms with van der Waals surface area (Å²) in [7, 11) is 0. The minimum Gasteiger partial charge on any atom is -0.314 e. The minimum atomic E-state index is 0.665. The fourth-order valence-electron chi connectivity index (χ4n) is 3.17. The molecule has 1 heterocycles. The number of hydrogen-bond acceptors (Lipinski definition) is 2. The molecule has 1 unspecified atom stereocenters. The van der Waals surface area contributed by atoms with Crippen LogP contribution in [0.1, 0.15) is 44.6 Å². The highest BCUT2D eigenvalue weighted by Gasteiger charge is 2.22. The summed E-state index contributed by atoms with van der Waals surface area (Å²) in [6, 6.07) is 9.49. The van der Waals surface area contributed by atoms with Crippen LogP contribution in [0.2, 0.25) is 0 Å². The van der Waals surface area contributed by atoms with Gasteiger partial charge in [-0.05, 0) is 54.1 Å². The quantitative estimate of drug-likeness (QED) is 0.755. The van der Waals surface area contributed by atoms with Gasteiger partial charge in [-0.3, -0.25) is 0 Å². The maximum Gasteiger partial charge on any atom is 0.0345 e. The maximum absolute atomic E-state index is 3.78. The van der Waals surface area contributed by atoms with Crippen LogP contribution in [0.5, 0.6) is 0 Å². The minimum absolute atomic E-state index is 0.665. The van der Waals surface area contributed by atoms with E-state index in [2.05, 4.69) is 41.9 Å². The second kappa shape index (κ2) is 6.73. The zero-order valence-corrected chi connectivity index (χ0v) is 13.2. The maximum atomic E-state index is 3.78. The fraction of sp³-hybridized carbons (Fsp3) is 0.556. The fourth-order valence-corrected chi connectivity index (χ4v) is 4.15. The Morgan fingerprint density at radius 2 is 2.15 bits per heavy atom. The Balaban J connectivity index is 1.70. The SMILES string of the molecule is CCCNC(Cc1csc2ccccc12)CC1CCC1. The lowest BCUT2D eigenvalue weighted by Gasteiger charge is -2.30. The zero-order chi connectivity index (χ0) is 13.8. The molecule has 1 N–H and O–H groups in total. The Hall–Kier alpha value is -0.860. The molecule has 0 radical (unpaired) electrons. The number of fused-ring (bicyclic) bond motifs is 1. The molecular weight excluding hydrogens is 262 g/mol. The Labute approximate surface area is 126 Å². The smallest absolute Gasteiger partial charge is 0.0345 e. The Kier molecular flexibility index (Phi) is 4.74. The van der Waals surface area contributed by atoms with Crippen molar-refractivity contribution >= 4 is 21.4 Å². The Morgan fingerprint density at radius 1 is 1.30 bits per heavy atom. The second-order valence-corrected chi connectivity index (χ2v) is 7.06. The highest BCUT2D eigenvalue weighted by molar-refractivity contribution is 7.17. The molecule has 2 heteroatoms. The molecule has 1 aromatic heterocycles. The van der Waals surface area contributed by atoms with Crippen LogP contribution in [0.25, 0.3) is 10.1 Å². The van der Waals surface area contributed by atoms with Gasteiger partial charge >= 0.3 is 0 Å². The average Bonchev–Trinajstić information content (AvgIpc) is 2.83. The molecule has 20 heavy (non-hydrogen) atoms. The van der Waals surface area contributed by atoms with E-state index in [9.17, 15) is 0 Å². The van der Waals surface area contributed by atoms with E-state index >= 15 is 0 Å². The molecule has 3 rings (SSSR count). The van der Waals surface area contributed by atoms with Gasteiger partial charge in [0.05, 0.1) is 0 Å². The summed E-state index contributed by atoms with van der Waals surface area (Å²) in [5, 5.41) is 7.61. The predicted molar refractivity (Wildman–Crippen MR) is 89.6 cm³/mol. The van der Waals surface area contributed by atoms with Gasteiger partial charge in [0.15, 0.2) is 0 Å². The van der Waals surface area contributed by atoms with Crippen molar-refractivity contribution < 1.29 is 0 Å². The lowest BCUT2D eigenvalue weighted by Crippen LogP contribution is -2.35. The molecule has 0 spiro atoms. The van der Waals surface area contributed by atoms with E-state index < -0.39 is 0 Å². The number of benzene rings is 1. The first-order valence-electron chi connectivity index (χ1n) is 8.05. The van der Waals surface area contributed by atoms with Gasteiger partial charge in [-0.25, -0.2) is 0 Å². The highest BCUT2D eigenvalue weighted by Crippen LogP contribution is 2.32. The van der Waals surface area contributed by atoms with Crippen LogP contribution in [0, 0.1) is 5.92 Å². The van der Waals surface area contributed by atoms with Gasteiger partial charge < -0.3 is 5.32 Å². The van der Waals surface area contributed by atoms with Gasteiger partial charge in [-0.2, -0.15) is 0 Å². The summed E-state index contributed by atoms with van der Waals surface area (Å²) in [6.07, 6.45) is 8.15. The van der Waals surface area contributed by atoms with Crippen molar-refractivity contribution in [3.63, 3.8) is 0 Å². The summed E-state index contributed by atoms with van der Waals surface area (Å²) >= 11 is 1.89. The zero-order valence-electron chi connectivity index (χ0n) is 12.4. The lowest BCUT2D eigenvalue weighted by atomic mass is 9.80. The third-order valence-corrected chi connectivity index (χ3v) is 5.57. The van der Waals surface area contributed by atoms with Gasteiger partial charge in [0.2, 0.25) is 0 Å². The van der Waals surface area contributed by atoms with E-state index in [1.54, 1.807) is 5.56 Å². The first kappa shape index (κ1) is 14.1. The van der Waals surface area contributed by atoms with Crippen LogP contribution in [0.3, 0.4) is 0 Å². The molecule has 1 fully saturated rings. The molecule has 0 aliphatic heterocycles. The molecule has 1 aliphatic carbocycles. The summed E-state index contributed by atoms with van der Waals surface area (Å²) in [5.74, 6) is 0.981. The van der Waals surface area contributed by atoms with Crippen molar-refractivity contribution in [2.24, 2.45) is 5.92 Å². The number of rotatable bonds is 7. The van der Waals surface area contributed by atoms with Crippen molar-refractivity contribution in [2.45, 2.75) is 51.5 Å². The summed E-state index contributed by atoms with van der Waals surface area (Å²) < 4.78 is 1.43. The third-order valence-electron chi connectivity index (χ3n) is 4.55. The molecule has 2 aromatic rings. The third kappa shape index (κ3) is 3.24. The van der Waals surface area contributed by atoms with Gasteiger partial charge in [0.25, 0.3) is 0 Å². The number of hydrogen-bond donors (Lipinski definition) is 1. The summed E-state index contributed by atoms with van der Waals surface area (Å²) in [6.45, 7) is 3.41. The molecule has 108 valence electrons. The summed E-state index contributed by atoms with van der Waals surface area (Å²) in [4.78, 5) is 0. The van der Waals surface area contributed by atoms with Crippen molar-refractivity contribution in [1.29, 1.82) is 0 Å². The molecule has 0 amide bonds. The van der Waals surface area contributed by atoms with E-state index in [0.29, 0.717) is 6.04 Å². The van der Waals surface area contributed by atoms with Crippen LogP contribution in [-0.2, 0) is 6.42 Å². The van der Waals surface area contributed by atoms with Crippen molar-refractivity contribution in [2.75, 3.05) is 6.54 Å². The van der Waals surface area contributed by atoms with Crippen LogP contribution >= 0.6 is 11.3 Å². The van der Waals surface area contributed by atoms with Crippen molar-refractivity contribution in [3.8, 4) is 0 Å². The lowest BCUT2D eigenvalue weighted by molar-refractivity contribution is 0.259. The van der Waals surface area contributed by atoms with E-state index in [0.717, 1.165) is 12.5 Å². The molecule has 1 aromatic carbocycles. The van der Waals surface area contributed by atoms with E-state index in [1.807, 2.05) is 11.3 Å². The molecule has 1 nitrogen and oxygen atoms in total. The van der Waals surface area contributed by atoms with E-state index in [1.165, 1.54) is 48.6 Å². The van der Waals surface area contributed by atoms with Gasteiger partial charge in [0, 0.05) is 10.7 Å². The first-order chi connectivity index (χ1) is 9.86. The first-order valence-corrected chi connectivity index (χ1v) is 8.93. The molecule has 1 aliphatic rings. The van der Waals surface area contributed by atoms with Crippen molar-refractivity contribution in [3.05, 3.63) is 35.2 Å². The molecule has 0 bridgehead atoms. The number of thiophene rings is 1. The topological polar surface area (TPSA) is 12.0 Å². The largest absolute Gasteiger partial charge is 0.314 e. The van der Waals surface area contributed by atoms with Gasteiger partial charge in [-0.15, -0.1) is 11.3 Å². The van der Waals surface area contributed by atoms with Crippen molar-refractivity contribution in [1.82, 2.24) is 5.32 Å². The normalized spacial score (nSPS) is 17.2. The standard InChI is InChI=1S/C18H25NS/c1-2-10-19-16(11-14-6-5-7-14)12-15-13-20-18-9-4-3-8-17(15)18/h3-4,8-9,13-14,16,19H,2,5-7,10-12H2,1H3. The number of nitrogens with one attached hydrogen (secondary N) is 1. The average molecular weight is 287 g/mol. The molecular formula is C18H25NS. The van der Waals surface area contributed by atoms with E-state index in [4.69, 9.17) is 0 Å². The molecule has 0 saturated heterocycles. The van der Waals surface area contributed by atoms with Gasteiger partial charge in [-0.1, -0.05) is 44.4 Å². The van der Waals surface area contributed by atoms with Crippen LogP contribution in [-0.4, -0.2) is 12.6 Å². The monoisotopic (exact) mass is 287 g/mol.